The smallest absolute Gasteiger partial charge is 0.178 e. The van der Waals surface area contributed by atoms with E-state index >= 15 is 0 Å². The molecule has 0 fully saturated rings. The van der Waals surface area contributed by atoms with Crippen LogP contribution in [0, 0.1) is 0 Å². The molecule has 3 nitrogen and oxygen atoms in total. The summed E-state index contributed by atoms with van der Waals surface area (Å²) < 4.78 is 15.1. The normalized spacial score (nSPS) is 15.2. The van der Waals surface area contributed by atoms with Crippen molar-refractivity contribution in [2.75, 3.05) is 4.90 Å². The summed E-state index contributed by atoms with van der Waals surface area (Å²) in [7, 11) is 0. The first-order valence-corrected chi connectivity index (χ1v) is 23.2. The van der Waals surface area contributed by atoms with Gasteiger partial charge in [-0.15, -0.1) is 11.3 Å². The summed E-state index contributed by atoms with van der Waals surface area (Å²) in [4.78, 5) is 3.73. The molecule has 1 unspecified atom stereocenters. The van der Waals surface area contributed by atoms with E-state index in [4.69, 9.17) is 9.47 Å². The average Bonchev–Trinajstić information content (AvgIpc) is 4.00. The Morgan fingerprint density at radius 1 is 0.477 bits per heavy atom. The van der Waals surface area contributed by atoms with E-state index in [0.717, 1.165) is 51.7 Å². The zero-order chi connectivity index (χ0) is 42.6. The molecule has 14 rings (SSSR count). The number of rotatable bonds is 5. The standard InChI is InChI=1S/C61H39NO2S/c1-2-12-42(13-3-1)62(43-28-22-38(23-29-43)40-27-35-58-49(36-40)47-16-7-11-21-57(47)65-58)44-30-24-39(25-31-44)41-26-33-54-56(37-41)64-60-55(63-54)34-32-53-59(60)48-17-6-10-20-52(48)61(53)50-18-8-4-14-45(50)46-15-5-9-19-51(46)61/h1-35,37,40H,36H2. The molecule has 1 spiro atoms. The molecule has 0 amide bonds. The molecule has 306 valence electrons. The maximum absolute atomic E-state index is 7.04. The summed E-state index contributed by atoms with van der Waals surface area (Å²) in [5.41, 5.74) is 17.8. The van der Waals surface area contributed by atoms with Gasteiger partial charge in [0.1, 0.15) is 0 Å². The van der Waals surface area contributed by atoms with Gasteiger partial charge in [0, 0.05) is 38.1 Å². The fourth-order valence-electron chi connectivity index (χ4n) is 11.3. The van der Waals surface area contributed by atoms with E-state index in [2.05, 4.69) is 217 Å². The van der Waals surface area contributed by atoms with Gasteiger partial charge in [-0.1, -0.05) is 152 Å². The first kappa shape index (κ1) is 36.6. The molecule has 4 aliphatic rings. The molecule has 0 bridgehead atoms. The highest BCUT2D eigenvalue weighted by Crippen LogP contribution is 2.66. The molecule has 0 saturated heterocycles. The Labute approximate surface area is 381 Å². The lowest BCUT2D eigenvalue weighted by molar-refractivity contribution is 0.360. The minimum atomic E-state index is -0.450. The van der Waals surface area contributed by atoms with Gasteiger partial charge >= 0.3 is 0 Å². The van der Waals surface area contributed by atoms with Gasteiger partial charge in [0.25, 0.3) is 0 Å². The monoisotopic (exact) mass is 849 g/mol. The third-order valence-corrected chi connectivity index (χ3v) is 15.3. The molecule has 1 aromatic heterocycles. The molecule has 0 saturated carbocycles. The number of nitrogens with zero attached hydrogens (tertiary/aromatic N) is 1. The molecule has 2 heterocycles. The van der Waals surface area contributed by atoms with Crippen LogP contribution in [0.15, 0.2) is 212 Å². The van der Waals surface area contributed by atoms with Crippen molar-refractivity contribution in [3.8, 4) is 56.4 Å². The summed E-state index contributed by atoms with van der Waals surface area (Å²) in [5.74, 6) is 3.26. The minimum Gasteiger partial charge on any atom is -0.449 e. The lowest BCUT2D eigenvalue weighted by Crippen LogP contribution is -2.25. The van der Waals surface area contributed by atoms with Crippen LogP contribution < -0.4 is 14.4 Å². The second-order valence-electron chi connectivity index (χ2n) is 17.5. The number of benzene rings is 9. The quantitative estimate of drug-likeness (QED) is 0.172. The second kappa shape index (κ2) is 14.0. The Morgan fingerprint density at radius 3 is 1.83 bits per heavy atom. The van der Waals surface area contributed by atoms with E-state index in [0.29, 0.717) is 17.4 Å². The summed E-state index contributed by atoms with van der Waals surface area (Å²) >= 11 is 1.90. The van der Waals surface area contributed by atoms with Crippen LogP contribution in [-0.4, -0.2) is 0 Å². The van der Waals surface area contributed by atoms with Crippen LogP contribution in [0.2, 0.25) is 0 Å². The Balaban J connectivity index is 0.790. The van der Waals surface area contributed by atoms with Crippen LogP contribution >= 0.6 is 11.3 Å². The Kier molecular flexibility index (Phi) is 7.90. The molecule has 9 aromatic carbocycles. The topological polar surface area (TPSA) is 21.7 Å². The fourth-order valence-corrected chi connectivity index (χ4v) is 12.4. The Bertz CT molecular complexity index is 3540. The van der Waals surface area contributed by atoms with Crippen molar-refractivity contribution in [1.82, 2.24) is 0 Å². The fraction of sp³-hybridized carbons (Fsp3) is 0.0492. The Hall–Kier alpha value is -7.92. The number of ether oxygens (including phenoxy) is 2. The van der Waals surface area contributed by atoms with Crippen molar-refractivity contribution in [3.05, 3.63) is 251 Å². The zero-order valence-electron chi connectivity index (χ0n) is 35.2. The van der Waals surface area contributed by atoms with Crippen LogP contribution in [0.1, 0.15) is 44.2 Å². The third kappa shape index (κ3) is 5.35. The minimum absolute atomic E-state index is 0.342. The highest BCUT2D eigenvalue weighted by molar-refractivity contribution is 7.20. The van der Waals surface area contributed by atoms with E-state index in [9.17, 15) is 0 Å². The molecule has 10 aromatic rings. The summed E-state index contributed by atoms with van der Waals surface area (Å²) in [6.45, 7) is 0. The lowest BCUT2D eigenvalue weighted by Gasteiger charge is -2.31. The molecule has 4 heteroatoms. The Morgan fingerprint density at radius 2 is 1.08 bits per heavy atom. The van der Waals surface area contributed by atoms with Gasteiger partial charge in [-0.3, -0.25) is 0 Å². The van der Waals surface area contributed by atoms with Crippen molar-refractivity contribution < 1.29 is 9.47 Å². The molecular formula is C61H39NO2S. The number of thiophene rings is 1. The highest BCUT2D eigenvalue weighted by atomic mass is 32.1. The molecule has 0 N–H and O–H groups in total. The highest BCUT2D eigenvalue weighted by Gasteiger charge is 2.53. The van der Waals surface area contributed by atoms with Crippen molar-refractivity contribution in [3.63, 3.8) is 0 Å². The predicted octanol–water partition coefficient (Wildman–Crippen LogP) is 16.6. The number of hydrogen-bond donors (Lipinski definition) is 0. The van der Waals surface area contributed by atoms with Gasteiger partial charge < -0.3 is 14.4 Å². The van der Waals surface area contributed by atoms with Crippen LogP contribution in [0.3, 0.4) is 0 Å². The maximum Gasteiger partial charge on any atom is 0.178 e. The number of para-hydroxylation sites is 1. The van der Waals surface area contributed by atoms with Crippen LogP contribution in [-0.2, 0) is 11.8 Å². The summed E-state index contributed by atoms with van der Waals surface area (Å²) in [5, 5.41) is 1.39. The van der Waals surface area contributed by atoms with Crippen molar-refractivity contribution >= 4 is 44.6 Å². The van der Waals surface area contributed by atoms with E-state index < -0.39 is 5.41 Å². The number of allylic oxidation sites excluding steroid dienone is 1. The molecule has 3 aliphatic carbocycles. The van der Waals surface area contributed by atoms with Crippen LogP contribution in [0.5, 0.6) is 23.0 Å². The van der Waals surface area contributed by atoms with Crippen molar-refractivity contribution in [2.45, 2.75) is 17.8 Å². The maximum atomic E-state index is 7.04. The van der Waals surface area contributed by atoms with E-state index in [1.165, 1.54) is 65.0 Å². The SMILES string of the molecule is C1=CC(c2ccc(N(c3ccccc3)c3ccc(-c4ccc5c(c4)Oc4c(ccc6c4-c4ccccc4C64c6ccccc6-c6ccccc64)O5)cc3)cc2)Cc2c1sc1ccccc21. The first-order chi connectivity index (χ1) is 32.2. The first-order valence-electron chi connectivity index (χ1n) is 22.4. The molecule has 0 radical (unpaired) electrons. The summed E-state index contributed by atoms with van der Waals surface area (Å²) in [6, 6.07) is 74.7. The molecule has 1 aliphatic heterocycles. The van der Waals surface area contributed by atoms with Crippen LogP contribution in [0.4, 0.5) is 17.1 Å². The number of hydrogen-bond acceptors (Lipinski definition) is 4. The van der Waals surface area contributed by atoms with Gasteiger partial charge in [0.05, 0.1) is 5.41 Å². The predicted molar refractivity (Wildman–Crippen MR) is 267 cm³/mol. The number of anilines is 3. The second-order valence-corrected chi connectivity index (χ2v) is 18.6. The van der Waals surface area contributed by atoms with Crippen molar-refractivity contribution in [1.29, 1.82) is 0 Å². The molecular weight excluding hydrogens is 811 g/mol. The lowest BCUT2D eigenvalue weighted by atomic mass is 9.70. The van der Waals surface area contributed by atoms with E-state index in [1.54, 1.807) is 0 Å². The van der Waals surface area contributed by atoms with Gasteiger partial charge in [0.2, 0.25) is 0 Å². The van der Waals surface area contributed by atoms with Crippen molar-refractivity contribution in [2.24, 2.45) is 0 Å². The van der Waals surface area contributed by atoms with E-state index in [1.807, 2.05) is 17.4 Å². The van der Waals surface area contributed by atoms with Gasteiger partial charge in [0.15, 0.2) is 23.0 Å². The third-order valence-electron chi connectivity index (χ3n) is 14.1. The van der Waals surface area contributed by atoms with Gasteiger partial charge in [-0.2, -0.15) is 0 Å². The largest absolute Gasteiger partial charge is 0.449 e. The zero-order valence-corrected chi connectivity index (χ0v) is 36.1. The van der Waals surface area contributed by atoms with Gasteiger partial charge in [-0.05, 0) is 140 Å². The van der Waals surface area contributed by atoms with Crippen LogP contribution in [0.25, 0.3) is 49.5 Å². The number of fused-ring (bicyclic) bond motifs is 16. The average molecular weight is 850 g/mol. The summed E-state index contributed by atoms with van der Waals surface area (Å²) in [6.07, 6.45) is 5.73. The van der Waals surface area contributed by atoms with E-state index in [-0.39, 0.29) is 0 Å². The molecule has 65 heavy (non-hydrogen) atoms. The van der Waals surface area contributed by atoms with Gasteiger partial charge in [-0.25, -0.2) is 0 Å². The molecule has 1 atom stereocenters.